The zero-order chi connectivity index (χ0) is 14.5. The Kier molecular flexibility index (Phi) is 5.81. The fourth-order valence-corrected chi connectivity index (χ4v) is 3.18. The topological polar surface area (TPSA) is 61.8 Å². The van der Waals surface area contributed by atoms with E-state index in [4.69, 9.17) is 9.84 Å². The van der Waals surface area contributed by atoms with Crippen LogP contribution in [0.4, 0.5) is 0 Å². The molecule has 20 heavy (non-hydrogen) atoms. The average Bonchev–Trinajstić information content (AvgIpc) is 2.46. The predicted molar refractivity (Wildman–Crippen MR) is 77.8 cm³/mol. The fraction of sp³-hybridized carbons (Fsp3) is 0.933. The summed E-state index contributed by atoms with van der Waals surface area (Å²) in [6.07, 6.45) is 3.81. The van der Waals surface area contributed by atoms with Crippen LogP contribution in [0.15, 0.2) is 0 Å². The lowest BCUT2D eigenvalue weighted by molar-refractivity contribution is -0.142. The zero-order valence-electron chi connectivity index (χ0n) is 12.7. The summed E-state index contributed by atoms with van der Waals surface area (Å²) in [6, 6.07) is 1.04. The van der Waals surface area contributed by atoms with E-state index in [1.807, 2.05) is 0 Å². The van der Waals surface area contributed by atoms with Gasteiger partial charge in [-0.1, -0.05) is 0 Å². The smallest absolute Gasteiger partial charge is 0.306 e. The molecule has 1 aliphatic heterocycles. The minimum Gasteiger partial charge on any atom is -0.481 e. The van der Waals surface area contributed by atoms with Crippen LogP contribution >= 0.6 is 0 Å². The summed E-state index contributed by atoms with van der Waals surface area (Å²) in [4.78, 5) is 13.4. The Morgan fingerprint density at radius 2 is 2.05 bits per heavy atom. The van der Waals surface area contributed by atoms with Crippen LogP contribution in [0.2, 0.25) is 0 Å². The summed E-state index contributed by atoms with van der Waals surface area (Å²) in [5, 5.41) is 12.6. The van der Waals surface area contributed by atoms with Gasteiger partial charge in [0.2, 0.25) is 0 Å². The molecule has 1 unspecified atom stereocenters. The summed E-state index contributed by atoms with van der Waals surface area (Å²) in [6.45, 7) is 8.17. The molecular formula is C15H28N2O3. The van der Waals surface area contributed by atoms with Crippen LogP contribution in [0.25, 0.3) is 0 Å². The van der Waals surface area contributed by atoms with E-state index in [-0.39, 0.29) is 12.0 Å². The molecule has 2 rings (SSSR count). The number of ether oxygens (including phenoxy) is 1. The molecule has 0 aromatic rings. The summed E-state index contributed by atoms with van der Waals surface area (Å²) in [7, 11) is 0. The molecule has 0 spiro atoms. The second kappa shape index (κ2) is 7.38. The zero-order valence-corrected chi connectivity index (χ0v) is 12.7. The molecule has 1 heterocycles. The van der Waals surface area contributed by atoms with E-state index in [9.17, 15) is 4.79 Å². The summed E-state index contributed by atoms with van der Waals surface area (Å²) in [5.74, 6) is -0.762. The van der Waals surface area contributed by atoms with Crippen molar-refractivity contribution in [2.75, 3.05) is 26.2 Å². The number of carboxylic acid groups (broad SMARTS) is 1. The summed E-state index contributed by atoms with van der Waals surface area (Å²) < 4.78 is 5.81. The number of aliphatic carboxylic acids is 1. The number of carboxylic acids is 1. The molecule has 5 heteroatoms. The number of rotatable bonds is 5. The van der Waals surface area contributed by atoms with Gasteiger partial charge in [-0.25, -0.2) is 0 Å². The van der Waals surface area contributed by atoms with Crippen molar-refractivity contribution in [2.24, 2.45) is 5.92 Å². The van der Waals surface area contributed by atoms with Crippen molar-refractivity contribution in [3.8, 4) is 0 Å². The summed E-state index contributed by atoms with van der Waals surface area (Å²) in [5.41, 5.74) is 0. The summed E-state index contributed by atoms with van der Waals surface area (Å²) >= 11 is 0. The first-order chi connectivity index (χ1) is 9.56. The molecule has 2 fully saturated rings. The van der Waals surface area contributed by atoms with Crippen LogP contribution in [0, 0.1) is 5.92 Å². The van der Waals surface area contributed by atoms with Crippen molar-refractivity contribution in [2.45, 2.75) is 57.7 Å². The largest absolute Gasteiger partial charge is 0.481 e. The molecule has 2 aliphatic rings. The highest BCUT2D eigenvalue weighted by Gasteiger charge is 2.27. The van der Waals surface area contributed by atoms with E-state index in [1.54, 1.807) is 0 Å². The van der Waals surface area contributed by atoms with Crippen LogP contribution in [0.5, 0.6) is 0 Å². The highest BCUT2D eigenvalue weighted by Crippen LogP contribution is 2.24. The standard InChI is InChI=1S/C15H28N2O3/c1-11(2)17-7-8-20-14(10-17)9-16-13-5-3-12(4-6-13)15(18)19/h11-14,16H,3-10H2,1-2H3,(H,18,19). The predicted octanol–water partition coefficient (Wildman–Crippen LogP) is 1.33. The Bertz CT molecular complexity index is 314. The lowest BCUT2D eigenvalue weighted by Crippen LogP contribution is -2.50. The Morgan fingerprint density at radius 1 is 1.35 bits per heavy atom. The van der Waals surface area contributed by atoms with Gasteiger partial charge in [-0.05, 0) is 39.5 Å². The first-order valence-corrected chi connectivity index (χ1v) is 7.88. The first-order valence-electron chi connectivity index (χ1n) is 7.88. The van der Waals surface area contributed by atoms with Gasteiger partial charge in [0.15, 0.2) is 0 Å². The van der Waals surface area contributed by atoms with E-state index in [0.29, 0.717) is 12.1 Å². The highest BCUT2D eigenvalue weighted by molar-refractivity contribution is 5.70. The molecule has 0 amide bonds. The van der Waals surface area contributed by atoms with Gasteiger partial charge >= 0.3 is 5.97 Å². The van der Waals surface area contributed by atoms with Gasteiger partial charge < -0.3 is 15.2 Å². The normalized spacial score (nSPS) is 32.5. The van der Waals surface area contributed by atoms with Crippen LogP contribution in [0.1, 0.15) is 39.5 Å². The molecule has 116 valence electrons. The lowest BCUT2D eigenvalue weighted by atomic mass is 9.86. The van der Waals surface area contributed by atoms with E-state index in [1.165, 1.54) is 0 Å². The Hall–Kier alpha value is -0.650. The van der Waals surface area contributed by atoms with Gasteiger partial charge in [0.25, 0.3) is 0 Å². The molecule has 1 aliphatic carbocycles. The molecule has 5 nitrogen and oxygen atoms in total. The second-order valence-electron chi connectivity index (χ2n) is 6.38. The third-order valence-corrected chi connectivity index (χ3v) is 4.61. The van der Waals surface area contributed by atoms with Crippen molar-refractivity contribution in [1.29, 1.82) is 0 Å². The molecule has 0 aromatic heterocycles. The number of carbonyl (C=O) groups is 1. The van der Waals surface area contributed by atoms with Gasteiger partial charge in [-0.15, -0.1) is 0 Å². The van der Waals surface area contributed by atoms with E-state index < -0.39 is 5.97 Å². The molecule has 0 radical (unpaired) electrons. The maximum atomic E-state index is 10.9. The highest BCUT2D eigenvalue weighted by atomic mass is 16.5. The third kappa shape index (κ3) is 4.43. The molecule has 0 aromatic carbocycles. The van der Waals surface area contributed by atoms with Crippen molar-refractivity contribution < 1.29 is 14.6 Å². The SMILES string of the molecule is CC(C)N1CCOC(CNC2CCC(C(=O)O)CC2)C1. The van der Waals surface area contributed by atoms with Crippen LogP contribution in [-0.2, 0) is 9.53 Å². The Labute approximate surface area is 121 Å². The maximum absolute atomic E-state index is 10.9. The van der Waals surface area contributed by atoms with E-state index >= 15 is 0 Å². The van der Waals surface area contributed by atoms with Crippen LogP contribution in [0.3, 0.4) is 0 Å². The molecule has 1 atom stereocenters. The molecule has 1 saturated heterocycles. The number of nitrogens with zero attached hydrogens (tertiary/aromatic N) is 1. The van der Waals surface area contributed by atoms with Crippen molar-refractivity contribution in [3.05, 3.63) is 0 Å². The molecule has 0 bridgehead atoms. The molecule has 1 saturated carbocycles. The van der Waals surface area contributed by atoms with E-state index in [2.05, 4.69) is 24.1 Å². The van der Waals surface area contributed by atoms with Gasteiger partial charge in [0.05, 0.1) is 18.6 Å². The lowest BCUT2D eigenvalue weighted by Gasteiger charge is -2.36. The minimum absolute atomic E-state index is 0.129. The quantitative estimate of drug-likeness (QED) is 0.797. The van der Waals surface area contributed by atoms with Gasteiger partial charge in [0, 0.05) is 31.7 Å². The Balaban J connectivity index is 1.67. The number of hydrogen-bond acceptors (Lipinski definition) is 4. The number of hydrogen-bond donors (Lipinski definition) is 2. The number of nitrogens with one attached hydrogen (secondary N) is 1. The maximum Gasteiger partial charge on any atom is 0.306 e. The van der Waals surface area contributed by atoms with Gasteiger partial charge in [-0.3, -0.25) is 9.69 Å². The van der Waals surface area contributed by atoms with Gasteiger partial charge in [0.1, 0.15) is 0 Å². The Morgan fingerprint density at radius 3 is 2.65 bits per heavy atom. The third-order valence-electron chi connectivity index (χ3n) is 4.61. The van der Waals surface area contributed by atoms with Crippen molar-refractivity contribution in [3.63, 3.8) is 0 Å². The average molecular weight is 284 g/mol. The number of morpholine rings is 1. The fourth-order valence-electron chi connectivity index (χ4n) is 3.18. The minimum atomic E-state index is -0.633. The van der Waals surface area contributed by atoms with Crippen molar-refractivity contribution >= 4 is 5.97 Å². The molecular weight excluding hydrogens is 256 g/mol. The van der Waals surface area contributed by atoms with Crippen molar-refractivity contribution in [1.82, 2.24) is 10.2 Å². The van der Waals surface area contributed by atoms with Gasteiger partial charge in [-0.2, -0.15) is 0 Å². The van der Waals surface area contributed by atoms with Crippen LogP contribution < -0.4 is 5.32 Å². The second-order valence-corrected chi connectivity index (χ2v) is 6.38. The molecule has 2 N–H and O–H groups in total. The first kappa shape index (κ1) is 15.7. The van der Waals surface area contributed by atoms with Crippen LogP contribution in [-0.4, -0.2) is 60.4 Å². The van der Waals surface area contributed by atoms with E-state index in [0.717, 1.165) is 51.9 Å². The monoisotopic (exact) mass is 284 g/mol.